The normalized spacial score (nSPS) is 13.5. The summed E-state index contributed by atoms with van der Waals surface area (Å²) in [5.74, 6) is 1.13. The molecule has 1 aliphatic heterocycles. The fourth-order valence-electron chi connectivity index (χ4n) is 3.26. The van der Waals surface area contributed by atoms with Gasteiger partial charge in [-0.1, -0.05) is 35.9 Å². The summed E-state index contributed by atoms with van der Waals surface area (Å²) in [5, 5.41) is 0.539. The van der Waals surface area contributed by atoms with E-state index in [0.29, 0.717) is 17.0 Å². The van der Waals surface area contributed by atoms with E-state index in [2.05, 4.69) is 16.0 Å². The molecule has 144 valence electrons. The van der Waals surface area contributed by atoms with Crippen LogP contribution in [-0.4, -0.2) is 24.7 Å². The smallest absolute Gasteiger partial charge is 0.387 e. The number of halogens is 3. The predicted octanol–water partition coefficient (Wildman–Crippen LogP) is 5.80. The van der Waals surface area contributed by atoms with E-state index < -0.39 is 6.61 Å². The van der Waals surface area contributed by atoms with Crippen LogP contribution in [0.15, 0.2) is 60.8 Å². The maximum atomic E-state index is 12.8. The number of alkyl halides is 2. The van der Waals surface area contributed by atoms with Crippen LogP contribution in [0.4, 0.5) is 14.6 Å². The molecule has 0 atom stereocenters. The molecule has 0 amide bonds. The van der Waals surface area contributed by atoms with E-state index in [1.165, 1.54) is 6.42 Å². The Balaban J connectivity index is 1.61. The van der Waals surface area contributed by atoms with Gasteiger partial charge in [0.05, 0.1) is 0 Å². The van der Waals surface area contributed by atoms with Gasteiger partial charge in [0.25, 0.3) is 0 Å². The van der Waals surface area contributed by atoms with Crippen molar-refractivity contribution in [3.63, 3.8) is 0 Å². The second-order valence-electron chi connectivity index (χ2n) is 6.76. The van der Waals surface area contributed by atoms with Crippen molar-refractivity contribution in [2.24, 2.45) is 0 Å². The van der Waals surface area contributed by atoms with Gasteiger partial charge in [-0.05, 0) is 59.9 Å². The third kappa shape index (κ3) is 4.25. The highest BCUT2D eigenvalue weighted by atomic mass is 35.5. The van der Waals surface area contributed by atoms with Crippen LogP contribution in [-0.2, 0) is 6.42 Å². The summed E-state index contributed by atoms with van der Waals surface area (Å²) < 4.78 is 30.4. The lowest BCUT2D eigenvalue weighted by Crippen LogP contribution is -2.37. The first-order valence-electron chi connectivity index (χ1n) is 9.12. The Kier molecular flexibility index (Phi) is 5.44. The van der Waals surface area contributed by atoms with E-state index in [1.54, 1.807) is 30.3 Å². The maximum Gasteiger partial charge on any atom is 0.387 e. The highest BCUT2D eigenvalue weighted by molar-refractivity contribution is 6.30. The second kappa shape index (κ2) is 8.15. The molecule has 0 bridgehead atoms. The van der Waals surface area contributed by atoms with Gasteiger partial charge < -0.3 is 9.64 Å². The van der Waals surface area contributed by atoms with Gasteiger partial charge in [-0.2, -0.15) is 8.78 Å². The van der Waals surface area contributed by atoms with Crippen LogP contribution in [0, 0.1) is 0 Å². The molecule has 0 unspecified atom stereocenters. The summed E-state index contributed by atoms with van der Waals surface area (Å²) in [6.45, 7) is -0.774. The zero-order chi connectivity index (χ0) is 19.5. The van der Waals surface area contributed by atoms with Gasteiger partial charge in [0.15, 0.2) is 0 Å². The Hall–Kier alpha value is -2.66. The van der Waals surface area contributed by atoms with Crippen LogP contribution in [0.25, 0.3) is 11.1 Å². The minimum Gasteiger partial charge on any atom is -0.434 e. The number of aromatic nitrogens is 1. The van der Waals surface area contributed by atoms with Gasteiger partial charge in [0, 0.05) is 29.9 Å². The molecule has 1 aromatic heterocycles. The molecule has 0 radical (unpaired) electrons. The lowest BCUT2D eigenvalue weighted by molar-refractivity contribution is -0.0494. The summed E-state index contributed by atoms with van der Waals surface area (Å²) in [6, 6.07) is 16.4. The number of ether oxygens (including phenoxy) is 1. The molecule has 28 heavy (non-hydrogen) atoms. The van der Waals surface area contributed by atoms with Crippen molar-refractivity contribution < 1.29 is 13.5 Å². The standard InChI is InChI=1S/C22H19ClF2N2O/c23-18-4-1-3-17(13-18)19-12-15(5-7-20(19)28-22(24)25)11-16-6-8-21(26-14-16)27-9-2-10-27/h1,3-8,12-14,22H,2,9-11H2. The molecule has 2 heterocycles. The Morgan fingerprint density at radius 3 is 2.50 bits per heavy atom. The van der Waals surface area contributed by atoms with E-state index in [1.807, 2.05) is 24.4 Å². The second-order valence-corrected chi connectivity index (χ2v) is 7.20. The molecule has 2 aromatic carbocycles. The summed E-state index contributed by atoms with van der Waals surface area (Å²) in [5.41, 5.74) is 3.36. The van der Waals surface area contributed by atoms with Crippen molar-refractivity contribution in [2.75, 3.05) is 18.0 Å². The average Bonchev–Trinajstić information content (AvgIpc) is 2.63. The van der Waals surface area contributed by atoms with Gasteiger partial charge in [-0.3, -0.25) is 0 Å². The molecule has 1 fully saturated rings. The van der Waals surface area contributed by atoms with Crippen molar-refractivity contribution in [1.29, 1.82) is 0 Å². The monoisotopic (exact) mass is 400 g/mol. The quantitative estimate of drug-likeness (QED) is 0.522. The van der Waals surface area contributed by atoms with Crippen molar-refractivity contribution >= 4 is 17.4 Å². The van der Waals surface area contributed by atoms with E-state index in [9.17, 15) is 8.78 Å². The molecule has 4 rings (SSSR count). The third-order valence-electron chi connectivity index (χ3n) is 4.79. The highest BCUT2D eigenvalue weighted by Gasteiger charge is 2.16. The van der Waals surface area contributed by atoms with E-state index in [-0.39, 0.29) is 5.75 Å². The molecule has 3 aromatic rings. The fourth-order valence-corrected chi connectivity index (χ4v) is 3.45. The van der Waals surface area contributed by atoms with Gasteiger partial charge in [-0.15, -0.1) is 0 Å². The van der Waals surface area contributed by atoms with Crippen LogP contribution >= 0.6 is 11.6 Å². The van der Waals surface area contributed by atoms with Crippen LogP contribution in [0.5, 0.6) is 5.75 Å². The van der Waals surface area contributed by atoms with Gasteiger partial charge in [0.1, 0.15) is 11.6 Å². The fraction of sp³-hybridized carbons (Fsp3) is 0.227. The number of hydrogen-bond acceptors (Lipinski definition) is 3. The Labute approximate surface area is 167 Å². The van der Waals surface area contributed by atoms with E-state index >= 15 is 0 Å². The van der Waals surface area contributed by atoms with Crippen molar-refractivity contribution in [3.8, 4) is 16.9 Å². The molecule has 6 heteroatoms. The first kappa shape index (κ1) is 18.7. The number of rotatable bonds is 6. The third-order valence-corrected chi connectivity index (χ3v) is 5.03. The number of anilines is 1. The highest BCUT2D eigenvalue weighted by Crippen LogP contribution is 2.34. The lowest BCUT2D eigenvalue weighted by atomic mass is 9.98. The first-order chi connectivity index (χ1) is 13.6. The van der Waals surface area contributed by atoms with E-state index in [0.717, 1.165) is 35.6 Å². The SMILES string of the molecule is FC(F)Oc1ccc(Cc2ccc(N3CCC3)nc2)cc1-c1cccc(Cl)c1. The Morgan fingerprint density at radius 2 is 1.86 bits per heavy atom. The van der Waals surface area contributed by atoms with Crippen molar-refractivity contribution in [3.05, 3.63) is 76.9 Å². The number of benzene rings is 2. The Morgan fingerprint density at radius 1 is 1.04 bits per heavy atom. The largest absolute Gasteiger partial charge is 0.434 e. The molecular formula is C22H19ClF2N2O. The molecule has 0 aliphatic carbocycles. The average molecular weight is 401 g/mol. The van der Waals surface area contributed by atoms with Crippen LogP contribution in [0.3, 0.4) is 0 Å². The van der Waals surface area contributed by atoms with Crippen molar-refractivity contribution in [2.45, 2.75) is 19.5 Å². The minimum atomic E-state index is -2.89. The summed E-state index contributed by atoms with van der Waals surface area (Å²) in [6.07, 6.45) is 3.73. The topological polar surface area (TPSA) is 25.4 Å². The van der Waals surface area contributed by atoms with Crippen LogP contribution < -0.4 is 9.64 Å². The Bertz CT molecular complexity index is 959. The van der Waals surface area contributed by atoms with Crippen LogP contribution in [0.1, 0.15) is 17.5 Å². The first-order valence-corrected chi connectivity index (χ1v) is 9.50. The maximum absolute atomic E-state index is 12.8. The molecular weight excluding hydrogens is 382 g/mol. The number of hydrogen-bond donors (Lipinski definition) is 0. The molecule has 0 N–H and O–H groups in total. The van der Waals surface area contributed by atoms with Gasteiger partial charge in [0.2, 0.25) is 0 Å². The molecule has 0 saturated carbocycles. The van der Waals surface area contributed by atoms with Gasteiger partial charge >= 0.3 is 6.61 Å². The van der Waals surface area contributed by atoms with Crippen molar-refractivity contribution in [1.82, 2.24) is 4.98 Å². The lowest BCUT2D eigenvalue weighted by Gasteiger charge is -2.31. The minimum absolute atomic E-state index is 0.132. The molecule has 1 aliphatic rings. The number of pyridine rings is 1. The molecule has 1 saturated heterocycles. The molecule has 0 spiro atoms. The summed E-state index contributed by atoms with van der Waals surface area (Å²) in [7, 11) is 0. The molecule has 3 nitrogen and oxygen atoms in total. The summed E-state index contributed by atoms with van der Waals surface area (Å²) in [4.78, 5) is 6.76. The van der Waals surface area contributed by atoms with E-state index in [4.69, 9.17) is 16.3 Å². The summed E-state index contributed by atoms with van der Waals surface area (Å²) >= 11 is 6.08. The zero-order valence-electron chi connectivity index (χ0n) is 15.1. The van der Waals surface area contributed by atoms with Gasteiger partial charge in [-0.25, -0.2) is 4.98 Å². The van der Waals surface area contributed by atoms with Crippen LogP contribution in [0.2, 0.25) is 5.02 Å². The number of nitrogens with zero attached hydrogens (tertiary/aromatic N) is 2. The zero-order valence-corrected chi connectivity index (χ0v) is 15.9. The predicted molar refractivity (Wildman–Crippen MR) is 107 cm³/mol.